The van der Waals surface area contributed by atoms with E-state index in [9.17, 15) is 9.18 Å². The highest BCUT2D eigenvalue weighted by molar-refractivity contribution is 6.31. The number of rotatable bonds is 2. The first kappa shape index (κ1) is 16.1. The van der Waals surface area contributed by atoms with Gasteiger partial charge in [0.05, 0.1) is 12.1 Å². The van der Waals surface area contributed by atoms with Gasteiger partial charge >= 0.3 is 0 Å². The second-order valence-corrected chi connectivity index (χ2v) is 7.83. The molecule has 5 rings (SSSR count). The van der Waals surface area contributed by atoms with Gasteiger partial charge in [0.2, 0.25) is 5.91 Å². The first-order chi connectivity index (χ1) is 12.6. The van der Waals surface area contributed by atoms with Gasteiger partial charge in [-0.3, -0.25) is 4.79 Å². The summed E-state index contributed by atoms with van der Waals surface area (Å²) in [4.78, 5) is 16.8. The van der Waals surface area contributed by atoms with Crippen molar-refractivity contribution in [1.29, 1.82) is 0 Å². The molecule has 0 aliphatic carbocycles. The van der Waals surface area contributed by atoms with E-state index in [1.165, 1.54) is 0 Å². The summed E-state index contributed by atoms with van der Waals surface area (Å²) in [6.07, 6.45) is 3.06. The van der Waals surface area contributed by atoms with Gasteiger partial charge < -0.3 is 9.80 Å². The van der Waals surface area contributed by atoms with Crippen molar-refractivity contribution in [2.75, 3.05) is 18.0 Å². The van der Waals surface area contributed by atoms with E-state index in [1.54, 1.807) is 12.1 Å². The van der Waals surface area contributed by atoms with Crippen molar-refractivity contribution in [2.45, 2.75) is 37.8 Å². The molecule has 3 aliphatic rings. The Kier molecular flexibility index (Phi) is 3.71. The molecule has 2 unspecified atom stereocenters. The molecule has 0 N–H and O–H groups in total. The van der Waals surface area contributed by atoms with Crippen molar-refractivity contribution in [1.82, 2.24) is 4.90 Å². The minimum Gasteiger partial charge on any atom is -0.363 e. The fourth-order valence-electron chi connectivity index (χ4n) is 4.94. The number of benzene rings is 2. The van der Waals surface area contributed by atoms with Crippen LogP contribution in [0.3, 0.4) is 0 Å². The molecule has 2 aromatic carbocycles. The highest BCUT2D eigenvalue weighted by Crippen LogP contribution is 2.51. The summed E-state index contributed by atoms with van der Waals surface area (Å²) in [5.41, 5.74) is 4.23. The Labute approximate surface area is 157 Å². The van der Waals surface area contributed by atoms with E-state index in [2.05, 4.69) is 11.0 Å². The SMILES string of the molecule is O=C1CCCN1C1CC(c2ccccc2Cl)N2CCc3cc(F)cc1c32. The van der Waals surface area contributed by atoms with Gasteiger partial charge in [-0.15, -0.1) is 0 Å². The van der Waals surface area contributed by atoms with Crippen molar-refractivity contribution in [3.63, 3.8) is 0 Å². The Bertz CT molecular complexity index is 900. The van der Waals surface area contributed by atoms with Crippen molar-refractivity contribution in [3.05, 3.63) is 63.9 Å². The highest BCUT2D eigenvalue weighted by atomic mass is 35.5. The van der Waals surface area contributed by atoms with Gasteiger partial charge in [-0.2, -0.15) is 0 Å². The van der Waals surface area contributed by atoms with Gasteiger partial charge in [-0.25, -0.2) is 4.39 Å². The summed E-state index contributed by atoms with van der Waals surface area (Å²) >= 11 is 6.52. The minimum absolute atomic E-state index is 0.0786. The summed E-state index contributed by atoms with van der Waals surface area (Å²) in [5.74, 6) is -0.0224. The third kappa shape index (κ3) is 2.35. The lowest BCUT2D eigenvalue weighted by atomic mass is 9.86. The molecule has 0 radical (unpaired) electrons. The maximum Gasteiger partial charge on any atom is 0.223 e. The van der Waals surface area contributed by atoms with Crippen LogP contribution in [0.15, 0.2) is 36.4 Å². The molecule has 0 bridgehead atoms. The number of halogens is 2. The van der Waals surface area contributed by atoms with Crippen LogP contribution in [0.1, 0.15) is 48.0 Å². The van der Waals surface area contributed by atoms with E-state index < -0.39 is 0 Å². The van der Waals surface area contributed by atoms with Crippen LogP contribution in [0.25, 0.3) is 0 Å². The number of likely N-dealkylation sites (tertiary alicyclic amines) is 1. The molecular formula is C21H20ClFN2O. The van der Waals surface area contributed by atoms with Crippen LogP contribution >= 0.6 is 11.6 Å². The molecule has 134 valence electrons. The zero-order valence-electron chi connectivity index (χ0n) is 14.4. The summed E-state index contributed by atoms with van der Waals surface area (Å²) in [6, 6.07) is 11.3. The molecular weight excluding hydrogens is 351 g/mol. The molecule has 1 fully saturated rings. The van der Waals surface area contributed by atoms with Crippen molar-refractivity contribution in [2.24, 2.45) is 0 Å². The first-order valence-electron chi connectivity index (χ1n) is 9.26. The summed E-state index contributed by atoms with van der Waals surface area (Å²) in [7, 11) is 0. The second-order valence-electron chi connectivity index (χ2n) is 7.43. The molecule has 3 heterocycles. The molecule has 26 heavy (non-hydrogen) atoms. The predicted octanol–water partition coefficient (Wildman–Crippen LogP) is 4.65. The second kappa shape index (κ2) is 5.98. The topological polar surface area (TPSA) is 23.6 Å². The van der Waals surface area contributed by atoms with E-state index in [-0.39, 0.29) is 23.8 Å². The normalized spacial score (nSPS) is 24.3. The predicted molar refractivity (Wildman–Crippen MR) is 99.9 cm³/mol. The third-order valence-corrected chi connectivity index (χ3v) is 6.37. The third-order valence-electron chi connectivity index (χ3n) is 6.02. The van der Waals surface area contributed by atoms with Crippen LogP contribution in [-0.4, -0.2) is 23.9 Å². The summed E-state index contributed by atoms with van der Waals surface area (Å²) < 4.78 is 14.3. The van der Waals surface area contributed by atoms with E-state index in [1.807, 2.05) is 23.1 Å². The zero-order valence-corrected chi connectivity index (χ0v) is 15.2. The Balaban J connectivity index is 1.67. The van der Waals surface area contributed by atoms with Gasteiger partial charge in [0.15, 0.2) is 0 Å². The molecule has 2 atom stereocenters. The molecule has 1 amide bonds. The molecule has 0 aromatic heterocycles. The van der Waals surface area contributed by atoms with E-state index >= 15 is 0 Å². The number of amides is 1. The van der Waals surface area contributed by atoms with Crippen LogP contribution in [0.2, 0.25) is 5.02 Å². The van der Waals surface area contributed by atoms with Crippen molar-refractivity contribution in [3.8, 4) is 0 Å². The molecule has 3 aliphatic heterocycles. The fourth-order valence-corrected chi connectivity index (χ4v) is 5.20. The standard InChI is InChI=1S/C21H20ClFN2O/c22-17-5-2-1-4-15(17)18-12-19(24-8-3-6-20(24)26)16-11-14(23)10-13-7-9-25(18)21(13)16/h1-2,4-5,10-11,18-19H,3,6-9,12H2. The lowest BCUT2D eigenvalue weighted by molar-refractivity contribution is -0.130. The maximum absolute atomic E-state index is 14.3. The van der Waals surface area contributed by atoms with Crippen LogP contribution in [0.4, 0.5) is 10.1 Å². The van der Waals surface area contributed by atoms with Gasteiger partial charge in [0, 0.05) is 35.8 Å². The average Bonchev–Trinajstić information content (AvgIpc) is 3.23. The minimum atomic E-state index is -0.201. The Hall–Kier alpha value is -2.07. The number of nitrogens with zero attached hydrogens (tertiary/aromatic N) is 2. The largest absolute Gasteiger partial charge is 0.363 e. The Morgan fingerprint density at radius 3 is 2.58 bits per heavy atom. The van der Waals surface area contributed by atoms with Crippen LogP contribution < -0.4 is 4.90 Å². The Morgan fingerprint density at radius 2 is 1.81 bits per heavy atom. The molecule has 3 nitrogen and oxygen atoms in total. The molecule has 1 saturated heterocycles. The maximum atomic E-state index is 14.3. The number of carbonyl (C=O) groups excluding carboxylic acids is 1. The van der Waals surface area contributed by atoms with Gasteiger partial charge in [-0.1, -0.05) is 29.8 Å². The first-order valence-corrected chi connectivity index (χ1v) is 9.64. The van der Waals surface area contributed by atoms with Crippen molar-refractivity contribution >= 4 is 23.2 Å². The zero-order chi connectivity index (χ0) is 17.8. The van der Waals surface area contributed by atoms with Crippen LogP contribution in [0.5, 0.6) is 0 Å². The molecule has 0 spiro atoms. The van der Waals surface area contributed by atoms with E-state index in [0.717, 1.165) is 59.8 Å². The number of carbonyl (C=O) groups is 1. The Morgan fingerprint density at radius 1 is 1.00 bits per heavy atom. The van der Waals surface area contributed by atoms with E-state index in [0.29, 0.717) is 6.42 Å². The van der Waals surface area contributed by atoms with Gasteiger partial charge in [0.25, 0.3) is 0 Å². The highest BCUT2D eigenvalue weighted by Gasteiger charge is 2.42. The lowest BCUT2D eigenvalue weighted by Crippen LogP contribution is -2.40. The summed E-state index contributed by atoms with van der Waals surface area (Å²) in [5, 5.41) is 0.753. The van der Waals surface area contributed by atoms with E-state index in [4.69, 9.17) is 11.6 Å². The molecule has 2 aromatic rings. The molecule has 5 heteroatoms. The quantitative estimate of drug-likeness (QED) is 0.768. The number of hydrogen-bond donors (Lipinski definition) is 0. The number of hydrogen-bond acceptors (Lipinski definition) is 2. The smallest absolute Gasteiger partial charge is 0.223 e. The fraction of sp³-hybridized carbons (Fsp3) is 0.381. The average molecular weight is 371 g/mol. The van der Waals surface area contributed by atoms with Crippen LogP contribution in [-0.2, 0) is 11.2 Å². The molecule has 0 saturated carbocycles. The number of anilines is 1. The van der Waals surface area contributed by atoms with Crippen LogP contribution in [0, 0.1) is 5.82 Å². The lowest BCUT2D eigenvalue weighted by Gasteiger charge is -2.43. The monoisotopic (exact) mass is 370 g/mol. The van der Waals surface area contributed by atoms with Gasteiger partial charge in [0.1, 0.15) is 5.82 Å². The summed E-state index contributed by atoms with van der Waals surface area (Å²) in [6.45, 7) is 1.62. The van der Waals surface area contributed by atoms with Crippen molar-refractivity contribution < 1.29 is 9.18 Å². The van der Waals surface area contributed by atoms with Gasteiger partial charge in [-0.05, 0) is 48.6 Å².